The number of aliphatic imine (C=N–C) groups is 2. The van der Waals surface area contributed by atoms with Gasteiger partial charge in [-0.15, -0.1) is 0 Å². The van der Waals surface area contributed by atoms with E-state index in [1.54, 1.807) is 0 Å². The number of aromatic nitrogens is 3. The Labute approximate surface area is 473 Å². The normalized spacial score (nSPS) is 13.4. The number of hydrogen-bond acceptors (Lipinski definition) is 5. The van der Waals surface area contributed by atoms with Crippen LogP contribution in [0.4, 0.5) is 0 Å². The maximum atomic E-state index is 5.52. The van der Waals surface area contributed by atoms with Crippen molar-refractivity contribution in [3.63, 3.8) is 0 Å². The highest BCUT2D eigenvalue weighted by Crippen LogP contribution is 2.37. The fourth-order valence-corrected chi connectivity index (χ4v) is 10.7. The zero-order valence-electron chi connectivity index (χ0n) is 44.9. The van der Waals surface area contributed by atoms with Crippen molar-refractivity contribution in [3.8, 4) is 101 Å². The van der Waals surface area contributed by atoms with Crippen molar-refractivity contribution in [1.82, 2.24) is 15.0 Å². The van der Waals surface area contributed by atoms with Gasteiger partial charge in [0.05, 0.1) is 11.4 Å². The Bertz CT molecular complexity index is 4160. The molecule has 2 heterocycles. The van der Waals surface area contributed by atoms with Gasteiger partial charge in [-0.2, -0.15) is 0 Å². The summed E-state index contributed by atoms with van der Waals surface area (Å²) in [6.45, 7) is 2.22. The van der Waals surface area contributed by atoms with E-state index in [1.165, 1.54) is 22.3 Å². The molecule has 1 aliphatic rings. The van der Waals surface area contributed by atoms with Gasteiger partial charge in [0.25, 0.3) is 0 Å². The molecular formula is C76H55N5. The molecule has 5 nitrogen and oxygen atoms in total. The Hall–Kier alpha value is -10.5. The highest BCUT2D eigenvalue weighted by Gasteiger charge is 2.19. The molecule has 0 fully saturated rings. The number of rotatable bonds is 12. The molecule has 1 aromatic heterocycles. The summed E-state index contributed by atoms with van der Waals surface area (Å²) in [7, 11) is 0. The van der Waals surface area contributed by atoms with Gasteiger partial charge >= 0.3 is 0 Å². The van der Waals surface area contributed by atoms with Gasteiger partial charge in [0.15, 0.2) is 23.3 Å². The van der Waals surface area contributed by atoms with Crippen LogP contribution >= 0.6 is 0 Å². The molecule has 5 heteroatoms. The van der Waals surface area contributed by atoms with Gasteiger partial charge in [0.2, 0.25) is 0 Å². The van der Waals surface area contributed by atoms with Crippen molar-refractivity contribution in [2.75, 3.05) is 0 Å². The summed E-state index contributed by atoms with van der Waals surface area (Å²) in [5.74, 6) is 2.50. The van der Waals surface area contributed by atoms with Crippen LogP contribution in [0.15, 0.2) is 307 Å². The third-order valence-corrected chi connectivity index (χ3v) is 15.1. The third-order valence-electron chi connectivity index (χ3n) is 15.1. The second kappa shape index (κ2) is 22.8. The van der Waals surface area contributed by atoms with Crippen molar-refractivity contribution >= 4 is 17.2 Å². The van der Waals surface area contributed by atoms with E-state index in [1.807, 2.05) is 12.1 Å². The number of nitrogens with zero attached hydrogens (tertiary/aromatic N) is 5. The highest BCUT2D eigenvalue weighted by molar-refractivity contribution is 6.14. The van der Waals surface area contributed by atoms with Crippen LogP contribution in [-0.2, 0) is 0 Å². The Morgan fingerprint density at radius 3 is 0.975 bits per heavy atom. The van der Waals surface area contributed by atoms with E-state index in [9.17, 15) is 0 Å². The van der Waals surface area contributed by atoms with Crippen molar-refractivity contribution in [3.05, 3.63) is 313 Å². The van der Waals surface area contributed by atoms with E-state index >= 15 is 0 Å². The standard InChI is InChI=1S/C76H55N5/c1-52-32-49-71(77-73(62-43-35-58(36-44-62)54-20-8-3-9-21-54)78-72(52)61-41-33-57(34-42-61)53-18-6-2-7-19-53)67-28-16-26-65(50-67)69-30-14-15-31-70(69)66-27-17-29-68(51-66)76-80-74(63-45-37-59(38-46-63)55-22-10-4-11-23-55)79-75(81-76)64-47-39-60(40-48-64)56-24-12-5-13-25-56/h2-31,33-48,50-51H,32,49H2,1H3/b72-52-,77-71?,78-73?. The smallest absolute Gasteiger partial charge is 0.164 e. The summed E-state index contributed by atoms with van der Waals surface area (Å²) in [6.07, 6.45) is 1.56. The van der Waals surface area contributed by atoms with Gasteiger partial charge in [-0.05, 0) is 110 Å². The van der Waals surface area contributed by atoms with Crippen LogP contribution in [0.25, 0.3) is 107 Å². The maximum Gasteiger partial charge on any atom is 0.164 e. The summed E-state index contributed by atoms with van der Waals surface area (Å²) in [6, 6.07) is 102. The average molecular weight is 1040 g/mol. The minimum absolute atomic E-state index is 0.599. The van der Waals surface area contributed by atoms with Crippen LogP contribution in [-0.4, -0.2) is 26.5 Å². The first-order valence-electron chi connectivity index (χ1n) is 27.6. The molecule has 1 aliphatic heterocycles. The number of hydrogen-bond donors (Lipinski definition) is 0. The van der Waals surface area contributed by atoms with Gasteiger partial charge in [-0.25, -0.2) is 24.9 Å². The SMILES string of the molecule is C/C1=C(\c2ccc(-c3ccccc3)cc2)N=C(c2ccc(-c3ccccc3)cc2)N=C(c2cccc(-c3ccccc3-c3cccc(-c4nc(-c5ccc(-c6ccccc6)cc5)nc(-c5ccc(-c6ccccc6)cc5)n4)c3)c2)CC1. The molecule has 0 aliphatic carbocycles. The predicted molar refractivity (Wildman–Crippen MR) is 337 cm³/mol. The topological polar surface area (TPSA) is 63.4 Å². The number of amidine groups is 1. The zero-order chi connectivity index (χ0) is 54.3. The van der Waals surface area contributed by atoms with E-state index in [-0.39, 0.29) is 0 Å². The average Bonchev–Trinajstić information content (AvgIpc) is 3.56. The first kappa shape index (κ1) is 50.0. The van der Waals surface area contributed by atoms with Crippen LogP contribution in [0, 0.1) is 0 Å². The number of benzene rings is 11. The molecule has 0 spiro atoms. The molecule has 0 bridgehead atoms. The molecule has 0 N–H and O–H groups in total. The molecule has 13 rings (SSSR count). The van der Waals surface area contributed by atoms with Crippen molar-refractivity contribution < 1.29 is 0 Å². The fourth-order valence-electron chi connectivity index (χ4n) is 10.7. The van der Waals surface area contributed by atoms with Gasteiger partial charge in [-0.1, -0.05) is 279 Å². The molecule has 0 saturated heterocycles. The lowest BCUT2D eigenvalue weighted by atomic mass is 9.91. The van der Waals surface area contributed by atoms with Gasteiger partial charge < -0.3 is 0 Å². The van der Waals surface area contributed by atoms with Crippen LogP contribution in [0.1, 0.15) is 36.5 Å². The predicted octanol–water partition coefficient (Wildman–Crippen LogP) is 19.3. The van der Waals surface area contributed by atoms with E-state index in [0.717, 1.165) is 108 Å². The van der Waals surface area contributed by atoms with E-state index in [4.69, 9.17) is 24.9 Å². The Morgan fingerprint density at radius 1 is 0.235 bits per heavy atom. The summed E-state index contributed by atoms with van der Waals surface area (Å²) in [4.78, 5) is 26.5. The monoisotopic (exact) mass is 1040 g/mol. The summed E-state index contributed by atoms with van der Waals surface area (Å²) < 4.78 is 0. The molecule has 384 valence electrons. The fraction of sp³-hybridized carbons (Fsp3) is 0.0395. The molecule has 11 aromatic carbocycles. The van der Waals surface area contributed by atoms with E-state index in [0.29, 0.717) is 23.3 Å². The molecule has 12 aromatic rings. The maximum absolute atomic E-state index is 5.52. The molecule has 81 heavy (non-hydrogen) atoms. The van der Waals surface area contributed by atoms with Crippen LogP contribution in [0.2, 0.25) is 0 Å². The second-order valence-electron chi connectivity index (χ2n) is 20.4. The first-order chi connectivity index (χ1) is 40.0. The van der Waals surface area contributed by atoms with E-state index in [2.05, 4.69) is 286 Å². The quantitative estimate of drug-likeness (QED) is 0.122. The summed E-state index contributed by atoms with van der Waals surface area (Å²) >= 11 is 0. The molecule has 0 saturated carbocycles. The zero-order valence-corrected chi connectivity index (χ0v) is 44.9. The van der Waals surface area contributed by atoms with Gasteiger partial charge in [0.1, 0.15) is 0 Å². The van der Waals surface area contributed by atoms with Gasteiger partial charge in [-0.3, -0.25) is 0 Å². The molecular weight excluding hydrogens is 983 g/mol. The van der Waals surface area contributed by atoms with Crippen LogP contribution in [0.5, 0.6) is 0 Å². The summed E-state index contributed by atoms with van der Waals surface area (Å²) in [5, 5.41) is 0. The highest BCUT2D eigenvalue weighted by atomic mass is 15.0. The minimum atomic E-state index is 0.599. The van der Waals surface area contributed by atoms with Crippen molar-refractivity contribution in [2.24, 2.45) is 9.98 Å². The molecule has 0 atom stereocenters. The van der Waals surface area contributed by atoms with Crippen molar-refractivity contribution in [1.29, 1.82) is 0 Å². The van der Waals surface area contributed by atoms with Crippen LogP contribution in [0.3, 0.4) is 0 Å². The lowest BCUT2D eigenvalue weighted by Gasteiger charge is -2.18. The molecule has 0 radical (unpaired) electrons. The lowest BCUT2D eigenvalue weighted by molar-refractivity contribution is 1.00. The second-order valence-corrected chi connectivity index (χ2v) is 20.4. The molecule has 0 unspecified atom stereocenters. The largest absolute Gasteiger partial charge is 0.232 e. The molecule has 0 amide bonds. The first-order valence-corrected chi connectivity index (χ1v) is 27.6. The lowest BCUT2D eigenvalue weighted by Crippen LogP contribution is -2.11. The Morgan fingerprint density at radius 2 is 0.543 bits per heavy atom. The van der Waals surface area contributed by atoms with E-state index < -0.39 is 0 Å². The number of allylic oxidation sites excluding steroid dienone is 1. The minimum Gasteiger partial charge on any atom is -0.232 e. The van der Waals surface area contributed by atoms with Crippen molar-refractivity contribution in [2.45, 2.75) is 19.8 Å². The summed E-state index contributed by atoms with van der Waals surface area (Å²) in [5.41, 5.74) is 22.6. The van der Waals surface area contributed by atoms with Crippen LogP contribution < -0.4 is 0 Å². The van der Waals surface area contributed by atoms with Gasteiger partial charge in [0, 0.05) is 27.8 Å². The Kier molecular flexibility index (Phi) is 14.1. The Balaban J connectivity index is 0.854. The third kappa shape index (κ3) is 11.0.